The Bertz CT molecular complexity index is 252. The number of rotatable bonds is 0. The maximum atomic E-state index is 3.90. The maximum Gasteiger partial charge on any atom is 0.0611 e. The maximum absolute atomic E-state index is 3.90. The van der Waals surface area contributed by atoms with Gasteiger partial charge in [-0.15, -0.1) is 0 Å². The van der Waals surface area contributed by atoms with Crippen molar-refractivity contribution in [1.29, 1.82) is 0 Å². The van der Waals surface area contributed by atoms with Crippen molar-refractivity contribution in [2.24, 2.45) is 17.8 Å². The molecule has 0 aromatic heterocycles. The highest BCUT2D eigenvalue weighted by atomic mass is 15.2. The van der Waals surface area contributed by atoms with E-state index in [1.54, 1.807) is 0 Å². The zero-order valence-corrected chi connectivity index (χ0v) is 10.1. The highest BCUT2D eigenvalue weighted by Crippen LogP contribution is 2.48. The number of hydrogen-bond acceptors (Lipinski definition) is 2. The summed E-state index contributed by atoms with van der Waals surface area (Å²) in [6, 6.07) is 1.72. The van der Waals surface area contributed by atoms with Crippen LogP contribution >= 0.6 is 0 Å². The normalized spacial score (nSPS) is 55.5. The van der Waals surface area contributed by atoms with E-state index in [0.717, 1.165) is 29.8 Å². The second-order valence-electron chi connectivity index (χ2n) is 6.50. The molecule has 0 bridgehead atoms. The quantitative estimate of drug-likeness (QED) is 0.654. The monoisotopic (exact) mass is 220 g/mol. The number of fused-ring (bicyclic) bond motifs is 5. The second-order valence-corrected chi connectivity index (χ2v) is 6.50. The molecule has 2 nitrogen and oxygen atoms in total. The van der Waals surface area contributed by atoms with Crippen molar-refractivity contribution in [1.82, 2.24) is 10.6 Å². The van der Waals surface area contributed by atoms with E-state index in [0.29, 0.717) is 6.17 Å². The predicted molar refractivity (Wildman–Crippen MR) is 65.0 cm³/mol. The van der Waals surface area contributed by atoms with Crippen molar-refractivity contribution < 1.29 is 0 Å². The first-order valence-corrected chi connectivity index (χ1v) is 7.45. The Morgan fingerprint density at radius 2 is 1.12 bits per heavy atom. The molecule has 2 heterocycles. The van der Waals surface area contributed by atoms with Crippen LogP contribution < -0.4 is 10.6 Å². The van der Waals surface area contributed by atoms with Gasteiger partial charge in [-0.05, 0) is 43.4 Å². The van der Waals surface area contributed by atoms with Gasteiger partial charge in [0.05, 0.1) is 6.17 Å². The summed E-state index contributed by atoms with van der Waals surface area (Å²) in [7, 11) is 0. The van der Waals surface area contributed by atoms with Gasteiger partial charge in [0.25, 0.3) is 0 Å². The minimum atomic E-state index is 0.682. The fraction of sp³-hybridized carbons (Fsp3) is 1.00. The highest BCUT2D eigenvalue weighted by Gasteiger charge is 2.53. The molecule has 4 atom stereocenters. The smallest absolute Gasteiger partial charge is 0.0611 e. The molecule has 0 aromatic rings. The Kier molecular flexibility index (Phi) is 2.29. The van der Waals surface area contributed by atoms with Crippen LogP contribution in [0.2, 0.25) is 0 Å². The minimum Gasteiger partial charge on any atom is -0.299 e. The lowest BCUT2D eigenvalue weighted by Crippen LogP contribution is -2.43. The third-order valence-electron chi connectivity index (χ3n) is 5.80. The van der Waals surface area contributed by atoms with Crippen LogP contribution in [0, 0.1) is 17.8 Å². The molecule has 4 rings (SSSR count). The third-order valence-corrected chi connectivity index (χ3v) is 5.80. The van der Waals surface area contributed by atoms with Gasteiger partial charge in [0.1, 0.15) is 0 Å². The van der Waals surface area contributed by atoms with Gasteiger partial charge in [-0.25, -0.2) is 0 Å². The van der Waals surface area contributed by atoms with E-state index in [4.69, 9.17) is 0 Å². The van der Waals surface area contributed by atoms with Gasteiger partial charge in [0, 0.05) is 12.1 Å². The third kappa shape index (κ3) is 1.32. The lowest BCUT2D eigenvalue weighted by Gasteiger charge is -2.35. The van der Waals surface area contributed by atoms with Crippen LogP contribution in [0.3, 0.4) is 0 Å². The number of hydrogen-bond donors (Lipinski definition) is 2. The average Bonchev–Trinajstić information content (AvgIpc) is 2.83. The predicted octanol–water partition coefficient (Wildman–Crippen LogP) is 2.25. The van der Waals surface area contributed by atoms with E-state index < -0.39 is 0 Å². The van der Waals surface area contributed by atoms with Crippen LogP contribution in [0.25, 0.3) is 0 Å². The molecule has 2 aliphatic carbocycles. The van der Waals surface area contributed by atoms with Crippen molar-refractivity contribution in [3.05, 3.63) is 0 Å². The summed E-state index contributed by atoms with van der Waals surface area (Å²) in [6.45, 7) is 0. The van der Waals surface area contributed by atoms with Gasteiger partial charge in [0.2, 0.25) is 0 Å². The molecule has 2 N–H and O–H groups in total. The molecule has 90 valence electrons. The van der Waals surface area contributed by atoms with Crippen LogP contribution in [-0.4, -0.2) is 18.2 Å². The molecule has 2 aliphatic heterocycles. The molecular weight excluding hydrogens is 196 g/mol. The molecule has 0 amide bonds. The Morgan fingerprint density at radius 1 is 0.625 bits per heavy atom. The fourth-order valence-corrected chi connectivity index (χ4v) is 5.20. The van der Waals surface area contributed by atoms with Crippen molar-refractivity contribution in [2.75, 3.05) is 0 Å². The van der Waals surface area contributed by atoms with Gasteiger partial charge >= 0.3 is 0 Å². The van der Waals surface area contributed by atoms with E-state index >= 15 is 0 Å². The lowest BCUT2D eigenvalue weighted by atomic mass is 9.70. The van der Waals surface area contributed by atoms with Crippen LogP contribution in [0.1, 0.15) is 51.4 Å². The zero-order valence-electron chi connectivity index (χ0n) is 10.1. The first-order chi connectivity index (χ1) is 7.93. The SMILES string of the molecule is C1CCC2C(C1)NC1NC3CCCCC3C12. The summed E-state index contributed by atoms with van der Waals surface area (Å²) in [5.41, 5.74) is 0. The molecule has 4 unspecified atom stereocenters. The van der Waals surface area contributed by atoms with Crippen molar-refractivity contribution in [3.63, 3.8) is 0 Å². The molecule has 0 spiro atoms. The molecule has 2 saturated carbocycles. The van der Waals surface area contributed by atoms with Gasteiger partial charge in [-0.2, -0.15) is 0 Å². The average molecular weight is 220 g/mol. The fourth-order valence-electron chi connectivity index (χ4n) is 5.20. The first-order valence-electron chi connectivity index (χ1n) is 7.45. The van der Waals surface area contributed by atoms with Crippen molar-refractivity contribution in [3.8, 4) is 0 Å². The molecule has 0 radical (unpaired) electrons. The van der Waals surface area contributed by atoms with Crippen LogP contribution in [-0.2, 0) is 0 Å². The summed E-state index contributed by atoms with van der Waals surface area (Å²) in [6.07, 6.45) is 12.5. The summed E-state index contributed by atoms with van der Waals surface area (Å²) in [5.74, 6) is 3.01. The van der Waals surface area contributed by atoms with Gasteiger partial charge in [0.15, 0.2) is 0 Å². The van der Waals surface area contributed by atoms with Gasteiger partial charge < -0.3 is 0 Å². The van der Waals surface area contributed by atoms with Gasteiger partial charge in [-0.3, -0.25) is 10.6 Å². The minimum absolute atomic E-state index is 0.682. The Labute approximate surface area is 98.6 Å². The van der Waals surface area contributed by atoms with Crippen LogP contribution in [0.4, 0.5) is 0 Å². The summed E-state index contributed by atoms with van der Waals surface area (Å²) >= 11 is 0. The highest BCUT2D eigenvalue weighted by molar-refractivity contribution is 5.08. The molecule has 2 heteroatoms. The summed E-state index contributed by atoms with van der Waals surface area (Å²) < 4.78 is 0. The molecule has 4 aliphatic rings. The zero-order chi connectivity index (χ0) is 10.5. The Morgan fingerprint density at radius 3 is 1.69 bits per heavy atom. The van der Waals surface area contributed by atoms with E-state index in [1.807, 2.05) is 0 Å². The van der Waals surface area contributed by atoms with Crippen LogP contribution in [0.5, 0.6) is 0 Å². The molecular formula is C14H24N2. The van der Waals surface area contributed by atoms with E-state index in [2.05, 4.69) is 10.6 Å². The lowest BCUT2D eigenvalue weighted by molar-refractivity contribution is 0.184. The molecule has 16 heavy (non-hydrogen) atoms. The van der Waals surface area contributed by atoms with E-state index in [9.17, 15) is 0 Å². The Hall–Kier alpha value is -0.0800. The van der Waals surface area contributed by atoms with Crippen LogP contribution in [0.15, 0.2) is 0 Å². The first kappa shape index (κ1) is 9.90. The second kappa shape index (κ2) is 3.71. The summed E-state index contributed by atoms with van der Waals surface area (Å²) in [5, 5.41) is 7.80. The van der Waals surface area contributed by atoms with E-state index in [1.165, 1.54) is 51.4 Å². The standard InChI is InChI=1S/C14H24N2/c1-3-7-11-9(5-1)13-10-6-2-4-8-12(10)16-14(13)15-11/h9-16H,1-8H2. The Balaban J connectivity index is 1.59. The molecule has 4 fully saturated rings. The van der Waals surface area contributed by atoms with Crippen molar-refractivity contribution >= 4 is 0 Å². The molecule has 0 aromatic carbocycles. The molecule has 2 saturated heterocycles. The largest absolute Gasteiger partial charge is 0.299 e. The number of nitrogens with one attached hydrogen (secondary N) is 2. The topological polar surface area (TPSA) is 24.1 Å². The van der Waals surface area contributed by atoms with E-state index in [-0.39, 0.29) is 0 Å². The van der Waals surface area contributed by atoms with Gasteiger partial charge in [-0.1, -0.05) is 25.7 Å². The van der Waals surface area contributed by atoms with Crippen molar-refractivity contribution in [2.45, 2.75) is 69.6 Å². The summed E-state index contributed by atoms with van der Waals surface area (Å²) in [4.78, 5) is 0.